The fraction of sp³-hybridized carbons (Fsp3) is 0.214. The minimum Gasteiger partial charge on any atom is -0.469 e. The zero-order valence-corrected chi connectivity index (χ0v) is 10.4. The number of aliphatic hydroxyl groups is 1. The first-order valence-electron chi connectivity index (χ1n) is 5.83. The molecule has 0 aliphatic rings. The van der Waals surface area contributed by atoms with E-state index in [2.05, 4.69) is 5.32 Å². The van der Waals surface area contributed by atoms with Gasteiger partial charge in [0.1, 0.15) is 11.6 Å². The van der Waals surface area contributed by atoms with Crippen LogP contribution in [0, 0.1) is 12.7 Å². The molecule has 2 rings (SSSR count). The number of benzene rings is 1. The van der Waals surface area contributed by atoms with Gasteiger partial charge in [-0.05, 0) is 30.7 Å². The van der Waals surface area contributed by atoms with Gasteiger partial charge in [0.25, 0.3) is 5.91 Å². The molecular weight excluding hydrogens is 249 g/mol. The molecule has 1 aromatic heterocycles. The molecule has 0 aliphatic heterocycles. The number of carbonyl (C=O) groups excluding carboxylic acids is 1. The Hall–Kier alpha value is -2.14. The third kappa shape index (κ3) is 3.20. The summed E-state index contributed by atoms with van der Waals surface area (Å²) in [5.74, 6) is -0.157. The lowest BCUT2D eigenvalue weighted by atomic mass is 10.1. The second-order valence-corrected chi connectivity index (χ2v) is 4.17. The number of carbonyl (C=O) groups is 1. The normalized spacial score (nSPS) is 12.2. The summed E-state index contributed by atoms with van der Waals surface area (Å²) >= 11 is 0. The highest BCUT2D eigenvalue weighted by Crippen LogP contribution is 2.13. The van der Waals surface area contributed by atoms with Crippen molar-refractivity contribution in [2.45, 2.75) is 13.0 Å². The van der Waals surface area contributed by atoms with Crippen molar-refractivity contribution in [2.24, 2.45) is 0 Å². The summed E-state index contributed by atoms with van der Waals surface area (Å²) in [6.45, 7) is 1.74. The lowest BCUT2D eigenvalue weighted by molar-refractivity contribution is 0.0914. The van der Waals surface area contributed by atoms with Crippen molar-refractivity contribution in [3.8, 4) is 0 Å². The van der Waals surface area contributed by atoms with Crippen molar-refractivity contribution in [2.75, 3.05) is 6.54 Å². The lowest BCUT2D eigenvalue weighted by Gasteiger charge is -2.12. The van der Waals surface area contributed by atoms with E-state index in [1.165, 1.54) is 30.5 Å². The van der Waals surface area contributed by atoms with Crippen LogP contribution in [0.1, 0.15) is 27.8 Å². The summed E-state index contributed by atoms with van der Waals surface area (Å²) in [4.78, 5) is 11.8. The number of rotatable bonds is 4. The van der Waals surface area contributed by atoms with Crippen LogP contribution in [0.15, 0.2) is 41.0 Å². The highest BCUT2D eigenvalue weighted by molar-refractivity contribution is 5.95. The molecule has 0 spiro atoms. The number of aliphatic hydroxyl groups excluding tert-OH is 1. The molecular formula is C14H14FNO3. The zero-order valence-electron chi connectivity index (χ0n) is 10.4. The van der Waals surface area contributed by atoms with Gasteiger partial charge >= 0.3 is 0 Å². The molecule has 0 aliphatic carbocycles. The van der Waals surface area contributed by atoms with E-state index in [-0.39, 0.29) is 18.3 Å². The maximum atomic E-state index is 12.7. The second-order valence-electron chi connectivity index (χ2n) is 4.17. The predicted octanol–water partition coefficient (Wildman–Crippen LogP) is 2.19. The molecule has 100 valence electrons. The highest BCUT2D eigenvalue weighted by Gasteiger charge is 2.13. The van der Waals surface area contributed by atoms with Gasteiger partial charge in [0, 0.05) is 6.54 Å². The van der Waals surface area contributed by atoms with E-state index in [4.69, 9.17) is 4.42 Å². The zero-order chi connectivity index (χ0) is 13.8. The van der Waals surface area contributed by atoms with Gasteiger partial charge in [-0.25, -0.2) is 4.39 Å². The van der Waals surface area contributed by atoms with Crippen molar-refractivity contribution in [3.05, 3.63) is 59.3 Å². The Morgan fingerprint density at radius 1 is 1.37 bits per heavy atom. The first-order chi connectivity index (χ1) is 9.08. The third-order valence-corrected chi connectivity index (χ3v) is 2.81. The molecule has 1 heterocycles. The molecule has 0 fully saturated rings. The van der Waals surface area contributed by atoms with E-state index in [1.54, 1.807) is 13.0 Å². The Morgan fingerprint density at radius 3 is 2.63 bits per heavy atom. The Kier molecular flexibility index (Phi) is 3.97. The standard InChI is InChI=1S/C14H14FNO3/c1-9-12(6-7-19-9)14(18)16-8-13(17)10-2-4-11(15)5-3-10/h2-7,13,17H,8H2,1H3,(H,16,18). The van der Waals surface area contributed by atoms with E-state index in [0.29, 0.717) is 16.9 Å². The molecule has 1 unspecified atom stereocenters. The maximum Gasteiger partial charge on any atom is 0.254 e. The van der Waals surface area contributed by atoms with Crippen molar-refractivity contribution in [3.63, 3.8) is 0 Å². The second kappa shape index (κ2) is 5.67. The van der Waals surface area contributed by atoms with Crippen LogP contribution in [-0.4, -0.2) is 17.6 Å². The number of aryl methyl sites for hydroxylation is 1. The van der Waals surface area contributed by atoms with Gasteiger partial charge in [-0.1, -0.05) is 12.1 Å². The molecule has 0 radical (unpaired) electrons. The summed E-state index contributed by atoms with van der Waals surface area (Å²) < 4.78 is 17.8. The van der Waals surface area contributed by atoms with Crippen LogP contribution < -0.4 is 5.32 Å². The molecule has 0 saturated carbocycles. The van der Waals surface area contributed by atoms with E-state index in [0.717, 1.165) is 0 Å². The molecule has 4 nitrogen and oxygen atoms in total. The third-order valence-electron chi connectivity index (χ3n) is 2.81. The molecule has 2 aromatic rings. The highest BCUT2D eigenvalue weighted by atomic mass is 19.1. The fourth-order valence-electron chi connectivity index (χ4n) is 1.71. The van der Waals surface area contributed by atoms with Crippen LogP contribution in [0.4, 0.5) is 4.39 Å². The number of hydrogen-bond donors (Lipinski definition) is 2. The summed E-state index contributed by atoms with van der Waals surface area (Å²) in [5, 5.41) is 12.5. The molecule has 2 N–H and O–H groups in total. The number of furan rings is 1. The predicted molar refractivity (Wildman–Crippen MR) is 67.1 cm³/mol. The van der Waals surface area contributed by atoms with Crippen molar-refractivity contribution in [1.82, 2.24) is 5.32 Å². The lowest BCUT2D eigenvalue weighted by Crippen LogP contribution is -2.28. The summed E-state index contributed by atoms with van der Waals surface area (Å²) in [6.07, 6.45) is 0.553. The SMILES string of the molecule is Cc1occc1C(=O)NCC(O)c1ccc(F)cc1. The first-order valence-corrected chi connectivity index (χ1v) is 5.83. The number of hydrogen-bond acceptors (Lipinski definition) is 3. The van der Waals surface area contributed by atoms with Gasteiger partial charge in [0.15, 0.2) is 0 Å². The van der Waals surface area contributed by atoms with Crippen molar-refractivity contribution in [1.29, 1.82) is 0 Å². The van der Waals surface area contributed by atoms with E-state index >= 15 is 0 Å². The maximum absolute atomic E-state index is 12.7. The van der Waals surface area contributed by atoms with E-state index in [9.17, 15) is 14.3 Å². The molecule has 1 atom stereocenters. The minimum absolute atomic E-state index is 0.0507. The van der Waals surface area contributed by atoms with Crippen LogP contribution in [0.3, 0.4) is 0 Å². The summed E-state index contributed by atoms with van der Waals surface area (Å²) in [5.41, 5.74) is 0.983. The largest absolute Gasteiger partial charge is 0.469 e. The van der Waals surface area contributed by atoms with Gasteiger partial charge in [0.05, 0.1) is 17.9 Å². The minimum atomic E-state index is -0.878. The van der Waals surface area contributed by atoms with Crippen molar-refractivity contribution < 1.29 is 18.7 Å². The average molecular weight is 263 g/mol. The van der Waals surface area contributed by atoms with Crippen LogP contribution in [0.2, 0.25) is 0 Å². The monoisotopic (exact) mass is 263 g/mol. The molecule has 19 heavy (non-hydrogen) atoms. The first kappa shape index (κ1) is 13.3. The van der Waals surface area contributed by atoms with Gasteiger partial charge in [-0.3, -0.25) is 4.79 Å². The topological polar surface area (TPSA) is 62.5 Å². The van der Waals surface area contributed by atoms with Gasteiger partial charge in [0.2, 0.25) is 0 Å². The number of halogens is 1. The quantitative estimate of drug-likeness (QED) is 0.888. The summed E-state index contributed by atoms with van der Waals surface area (Å²) in [6, 6.07) is 7.06. The fourth-order valence-corrected chi connectivity index (χ4v) is 1.71. The van der Waals surface area contributed by atoms with Crippen molar-refractivity contribution >= 4 is 5.91 Å². The van der Waals surface area contributed by atoms with Crippen LogP contribution >= 0.6 is 0 Å². The van der Waals surface area contributed by atoms with Gasteiger partial charge < -0.3 is 14.8 Å². The number of amides is 1. The summed E-state index contributed by atoms with van der Waals surface area (Å²) in [7, 11) is 0. The molecule has 0 bridgehead atoms. The Balaban J connectivity index is 1.94. The smallest absolute Gasteiger partial charge is 0.254 e. The van der Waals surface area contributed by atoms with Gasteiger partial charge in [-0.15, -0.1) is 0 Å². The van der Waals surface area contributed by atoms with Gasteiger partial charge in [-0.2, -0.15) is 0 Å². The van der Waals surface area contributed by atoms with E-state index in [1.807, 2.05) is 0 Å². The Labute approximate surface area is 109 Å². The van der Waals surface area contributed by atoms with Crippen LogP contribution in [-0.2, 0) is 0 Å². The molecule has 5 heteroatoms. The van der Waals surface area contributed by atoms with E-state index < -0.39 is 6.10 Å². The Morgan fingerprint density at radius 2 is 2.05 bits per heavy atom. The van der Waals surface area contributed by atoms with Crippen LogP contribution in [0.25, 0.3) is 0 Å². The molecule has 1 amide bonds. The number of nitrogens with one attached hydrogen (secondary N) is 1. The average Bonchev–Trinajstić information content (AvgIpc) is 2.83. The molecule has 1 aromatic carbocycles. The molecule has 0 saturated heterocycles. The van der Waals surface area contributed by atoms with Crippen LogP contribution in [0.5, 0.6) is 0 Å². The Bertz CT molecular complexity index is 562.